The lowest BCUT2D eigenvalue weighted by atomic mass is 9.72. The highest BCUT2D eigenvalue weighted by atomic mass is 127. The normalized spacial score (nSPS) is 29.9. The standard InChI is InChI=1S/C58H75IO22S4.C27H43N3O4/c1-27(60)20-32-25-74-42(23-39(32)69-6)80-52-47(65)34(29(3)77-57(52)79-38-16-14-12-13-15-18-58(68)24-37(62)33(21-40(63)70-7)44(38)35(58)17-19-83-85-82-11)26-75-41-22-36(61)54(31(5)76-41)84-55(67)43-28(2)45(59)50(53(73-10)49(43)71-8)81-56-48(66)51(72-9)46(64)30(4)78-56;1-17(2)20(16-18(3)25(33)34)30(10)22(26(4,5)6)24(32)29-23(31)21(28-9)27(7,8)19-14-12-11-13-15-19/h12-13,17,29-32,34,36,38-39,41-42,46-48,51-52,54,56-57,61,64-66,68H,19-26H2,1-11H3;11-17,20-22,28H,1-10H3,(H,33,34)(H,29,31,32)/b13-12-,35-17+;18-16+/t29?,30?,31?,32?,34?,36?,38-,39?,41?,42?,46?,47?,48?,51?,52?,54?,56?,57?,58-;20-,21-,22-/m01/s1. The number of thioether (sulfide) groups is 1. The van der Waals surface area contributed by atoms with Gasteiger partial charge in [0.2, 0.25) is 29.0 Å². The van der Waals surface area contributed by atoms with Crippen molar-refractivity contribution in [1.29, 1.82) is 0 Å². The number of nitrogens with one attached hydrogen (secondary N) is 2. The van der Waals surface area contributed by atoms with E-state index in [9.17, 15) is 64.2 Å². The number of likely N-dealkylation sites (N-methyl/N-ethyl adjacent to an activating group) is 2. The lowest BCUT2D eigenvalue weighted by molar-refractivity contribution is -0.339. The molecule has 4 aliphatic heterocycles. The van der Waals surface area contributed by atoms with Crippen LogP contribution < -0.4 is 24.8 Å². The number of esters is 1. The number of hydrogen-bond donors (Lipinski definition) is 8. The molecular formula is C85H118IN3O26S4. The van der Waals surface area contributed by atoms with Gasteiger partial charge in [-0.25, -0.2) is 4.79 Å². The predicted octanol–water partition coefficient (Wildman–Crippen LogP) is 8.40. The van der Waals surface area contributed by atoms with Crippen molar-refractivity contribution in [2.24, 2.45) is 23.2 Å². The number of ether oxygens (including phenoxy) is 13. The lowest BCUT2D eigenvalue weighted by Crippen LogP contribution is -2.60. The van der Waals surface area contributed by atoms with E-state index in [-0.39, 0.29) is 101 Å². The quantitative estimate of drug-likeness (QED) is 0.00830. The van der Waals surface area contributed by atoms with Gasteiger partial charge in [-0.1, -0.05) is 148 Å². The summed E-state index contributed by atoms with van der Waals surface area (Å²) >= 11 is 2.84. The smallest absolute Gasteiger partial charge is 0.331 e. The Labute approximate surface area is 727 Å². The Hall–Kier alpha value is -5.50. The molecule has 6 aliphatic rings. The number of Topliss-reactive ketones (excluding diaryl/α,β-unsaturated/α-hetero) is 2. The summed E-state index contributed by atoms with van der Waals surface area (Å²) in [7, 11) is 14.8. The van der Waals surface area contributed by atoms with Crippen LogP contribution >= 0.6 is 65.8 Å². The van der Waals surface area contributed by atoms with E-state index in [1.54, 1.807) is 60.9 Å². The van der Waals surface area contributed by atoms with Crippen molar-refractivity contribution in [3.8, 4) is 40.9 Å². The topological polar surface area (TPSA) is 388 Å². The molecule has 2 aromatic carbocycles. The Bertz CT molecular complexity index is 4120. The average Bonchev–Trinajstić information content (AvgIpc) is 0.740. The Kier molecular flexibility index (Phi) is 38.4. The molecule has 2 aromatic rings. The first-order valence-corrected chi connectivity index (χ1v) is 45.2. The fourth-order valence-corrected chi connectivity index (χ4v) is 19.9. The second kappa shape index (κ2) is 45.4. The van der Waals surface area contributed by atoms with Crippen LogP contribution in [0.5, 0.6) is 17.2 Å². The van der Waals surface area contributed by atoms with Crippen LogP contribution in [0.2, 0.25) is 0 Å². The lowest BCUT2D eigenvalue weighted by Gasteiger charge is -2.46. The van der Waals surface area contributed by atoms with Gasteiger partial charge in [0.25, 0.3) is 0 Å². The Morgan fingerprint density at radius 3 is 2.08 bits per heavy atom. The zero-order valence-corrected chi connectivity index (χ0v) is 76.8. The average molecular weight is 1850 g/mol. The fraction of sp³-hybridized carbons (Fsp3) is 0.635. The number of carboxylic acid groups (broad SMARTS) is 1. The molecule has 0 aromatic heterocycles. The number of imide groups is 1. The van der Waals surface area contributed by atoms with Gasteiger partial charge in [-0.3, -0.25) is 34.2 Å². The van der Waals surface area contributed by atoms with Crippen molar-refractivity contribution in [2.75, 3.05) is 74.9 Å². The highest BCUT2D eigenvalue weighted by molar-refractivity contribution is 14.1. The molecule has 4 heterocycles. The number of benzene rings is 2. The van der Waals surface area contributed by atoms with Gasteiger partial charge in [-0.15, -0.1) is 0 Å². The second-order valence-electron chi connectivity index (χ2n) is 32.0. The number of rotatable bonds is 33. The van der Waals surface area contributed by atoms with Gasteiger partial charge in [0, 0.05) is 84.8 Å². The van der Waals surface area contributed by atoms with Gasteiger partial charge in [0.1, 0.15) is 36.3 Å². The molecule has 0 saturated carbocycles. The van der Waals surface area contributed by atoms with Gasteiger partial charge in [0.15, 0.2) is 41.8 Å². The first-order chi connectivity index (χ1) is 56.1. The summed E-state index contributed by atoms with van der Waals surface area (Å²) in [5.41, 5.74) is -1.04. The first kappa shape index (κ1) is 101. The van der Waals surface area contributed by atoms with Crippen molar-refractivity contribution >= 4 is 106 Å². The zero-order chi connectivity index (χ0) is 88.5. The Balaban J connectivity index is 0.000000481. The van der Waals surface area contributed by atoms with E-state index in [1.807, 2.05) is 113 Å². The number of aliphatic hydroxyl groups is 5. The van der Waals surface area contributed by atoms with Crippen LogP contribution in [0.15, 0.2) is 76.9 Å². The van der Waals surface area contributed by atoms with Crippen molar-refractivity contribution in [3.63, 3.8) is 0 Å². The summed E-state index contributed by atoms with van der Waals surface area (Å²) in [6.07, 6.45) is -9.13. The minimum absolute atomic E-state index is 0.00966. The molecule has 2 bridgehead atoms. The highest BCUT2D eigenvalue weighted by Gasteiger charge is 2.53. The van der Waals surface area contributed by atoms with Crippen molar-refractivity contribution in [2.45, 2.75) is 249 Å². The number of ketones is 2. The summed E-state index contributed by atoms with van der Waals surface area (Å²) in [5, 5.41) is 72.1. The third-order valence-corrected chi connectivity index (χ3v) is 28.4. The van der Waals surface area contributed by atoms with E-state index in [0.29, 0.717) is 14.9 Å². The molecular weight excluding hydrogens is 1730 g/mol. The monoisotopic (exact) mass is 1850 g/mol. The van der Waals surface area contributed by atoms with E-state index in [1.165, 1.54) is 86.0 Å². The van der Waals surface area contributed by atoms with Crippen LogP contribution in [0.25, 0.3) is 0 Å². The number of fused-ring (bicyclic) bond motifs is 2. The van der Waals surface area contributed by atoms with E-state index in [4.69, 9.17) is 61.6 Å². The minimum atomic E-state index is -2.02. The molecule has 2 amide bonds. The van der Waals surface area contributed by atoms with Crippen LogP contribution in [0.3, 0.4) is 0 Å². The number of carbonyl (C=O) groups is 7. The number of aliphatic hydroxyl groups excluding tert-OH is 4. The molecule has 8 N–H and O–H groups in total. The van der Waals surface area contributed by atoms with Gasteiger partial charge >= 0.3 is 11.9 Å². The van der Waals surface area contributed by atoms with E-state index in [2.05, 4.69) is 34.3 Å². The molecule has 22 atom stereocenters. The summed E-state index contributed by atoms with van der Waals surface area (Å²) in [4.78, 5) is 94.0. The molecule has 2 aliphatic carbocycles. The number of aliphatic carboxylic acids is 1. The van der Waals surface area contributed by atoms with Crippen LogP contribution in [-0.2, 0) is 81.6 Å². The van der Waals surface area contributed by atoms with E-state index < -0.39 is 179 Å². The Morgan fingerprint density at radius 1 is 0.824 bits per heavy atom. The number of methoxy groups -OCH3 is 5. The Morgan fingerprint density at radius 2 is 1.49 bits per heavy atom. The molecule has 660 valence electrons. The number of amides is 2. The van der Waals surface area contributed by atoms with Gasteiger partial charge < -0.3 is 102 Å². The molecule has 8 rings (SSSR count). The maximum atomic E-state index is 14.5. The van der Waals surface area contributed by atoms with E-state index in [0.717, 1.165) is 17.3 Å². The number of allylic oxidation sites excluding steroid dienone is 2. The predicted molar refractivity (Wildman–Crippen MR) is 460 cm³/mol. The summed E-state index contributed by atoms with van der Waals surface area (Å²) < 4.78 is 79.2. The fourth-order valence-electron chi connectivity index (χ4n) is 15.7. The van der Waals surface area contributed by atoms with Gasteiger partial charge in [-0.05, 0) is 129 Å². The molecule has 4 fully saturated rings. The maximum Gasteiger partial charge on any atom is 0.331 e. The summed E-state index contributed by atoms with van der Waals surface area (Å²) in [6, 6.07) is 8.10. The summed E-state index contributed by atoms with van der Waals surface area (Å²) in [6.45, 7) is 23.3. The molecule has 17 unspecified atom stereocenters. The number of halogens is 1. The first-order valence-electron chi connectivity index (χ1n) is 39.2. The molecule has 34 heteroatoms. The highest BCUT2D eigenvalue weighted by Crippen LogP contribution is 2.50. The van der Waals surface area contributed by atoms with Crippen molar-refractivity contribution < 1.29 is 126 Å². The van der Waals surface area contributed by atoms with Crippen LogP contribution in [-0.4, -0.2) is 272 Å². The maximum absolute atomic E-state index is 14.5. The van der Waals surface area contributed by atoms with Crippen molar-refractivity contribution in [1.82, 2.24) is 15.5 Å². The van der Waals surface area contributed by atoms with Crippen molar-refractivity contribution in [3.05, 3.63) is 97.2 Å². The summed E-state index contributed by atoms with van der Waals surface area (Å²) in [5.74, 6) is 7.86. The third-order valence-electron chi connectivity index (χ3n) is 21.9. The number of carboxylic acids is 1. The molecule has 0 spiro atoms. The number of hydrogen-bond acceptors (Lipinski definition) is 31. The molecule has 4 saturated heterocycles. The largest absolute Gasteiger partial charge is 0.492 e. The van der Waals surface area contributed by atoms with Gasteiger partial charge in [0.05, 0.1) is 110 Å². The second-order valence-corrected chi connectivity index (χ2v) is 38.6. The number of nitrogens with zero attached hydrogens (tertiary/aromatic N) is 1. The number of carbonyl (C=O) groups excluding carboxylic acids is 6. The SMILES string of the molecule is CN[C@H](C(=O)NC(=O)[C@@H](N(C)[C@H](/C=C(\C)C(=O)O)C(C)C)C(C)(C)C)C(C)(C)c1ccccc1.COC(=O)CC1=C2/C(=C\CSSSC)[C@](O)(C#C/C=C\C#C[C@@H]2OC2OC(C)C(COC3CC(O)C(SC(=O)c4c(C)c(I)c(OC5OC(C)C(O)C(OC)C5O)c(OC)c4OC)C(C)O3)C(O)C2OC2CC(OC)C(CC(C)=O)CO2)CC1=O. The molecule has 0 radical (unpaired) electrons. The van der Waals surface area contributed by atoms with Crippen LogP contribution in [0.4, 0.5) is 0 Å². The van der Waals surface area contributed by atoms with Gasteiger partial charge in [-0.2, -0.15) is 0 Å². The molecule has 29 nitrogen and oxygen atoms in total. The minimum Gasteiger partial charge on any atom is -0.492 e. The zero-order valence-electron chi connectivity index (χ0n) is 71.4. The van der Waals surface area contributed by atoms with Crippen LogP contribution in [0.1, 0.15) is 137 Å². The van der Waals surface area contributed by atoms with E-state index >= 15 is 0 Å². The van der Waals surface area contributed by atoms with Crippen LogP contribution in [0, 0.1) is 57.3 Å². The third kappa shape index (κ3) is 25.2. The molecule has 119 heavy (non-hydrogen) atoms.